The highest BCUT2D eigenvalue weighted by atomic mass is 16.4. The number of fused-ring (bicyclic) bond motifs is 4. The Morgan fingerprint density at radius 1 is 1.03 bits per heavy atom. The minimum Gasteiger partial charge on any atom is -0.480 e. The fourth-order valence-corrected chi connectivity index (χ4v) is 5.61. The Labute approximate surface area is 177 Å². The molecule has 0 aliphatic carbocycles. The summed E-state index contributed by atoms with van der Waals surface area (Å²) in [6.45, 7) is -0.451. The lowest BCUT2D eigenvalue weighted by atomic mass is 9.82. The molecule has 1 saturated heterocycles. The van der Waals surface area contributed by atoms with Crippen LogP contribution >= 0.6 is 0 Å². The lowest BCUT2D eigenvalue weighted by Gasteiger charge is -2.39. The van der Waals surface area contributed by atoms with Gasteiger partial charge in [0, 0.05) is 12.8 Å². The molecule has 1 fully saturated rings. The van der Waals surface area contributed by atoms with Gasteiger partial charge in [-0.1, -0.05) is 42.5 Å². The van der Waals surface area contributed by atoms with Gasteiger partial charge in [0.25, 0.3) is 0 Å². The van der Waals surface area contributed by atoms with E-state index in [4.69, 9.17) is 5.11 Å². The molecule has 2 N–H and O–H groups in total. The van der Waals surface area contributed by atoms with E-state index in [2.05, 4.69) is 53.8 Å². The molecule has 0 spiro atoms. The number of nitrogens with one attached hydrogen (secondary N) is 1. The summed E-state index contributed by atoms with van der Waals surface area (Å²) in [5, 5.41) is 18.5. The number of nitrogens with zero attached hydrogens (tertiary/aromatic N) is 1. The highest BCUT2D eigenvalue weighted by Gasteiger charge is 2.45. The van der Waals surface area contributed by atoms with Crippen molar-refractivity contribution in [2.24, 2.45) is 0 Å². The number of carbonyl (C=O) groups is 3. The molecule has 0 unspecified atom stereocenters. The second-order valence-electron chi connectivity index (χ2n) is 8.49. The average molecular weight is 412 g/mol. The highest BCUT2D eigenvalue weighted by Crippen LogP contribution is 2.46. The Balaban J connectivity index is 1.58. The first-order valence-corrected chi connectivity index (χ1v) is 10.5. The summed E-state index contributed by atoms with van der Waals surface area (Å²) in [6, 6.07) is 16.1. The zero-order valence-corrected chi connectivity index (χ0v) is 16.7. The average Bonchev–Trinajstić information content (AvgIpc) is 3.17. The monoisotopic (exact) mass is 412 g/mol. The molecule has 154 valence electrons. The van der Waals surface area contributed by atoms with E-state index in [-0.39, 0.29) is 11.9 Å². The summed E-state index contributed by atoms with van der Waals surface area (Å²) in [4.78, 5) is 38.2. The first-order valence-electron chi connectivity index (χ1n) is 10.5. The van der Waals surface area contributed by atoms with Crippen LogP contribution in [0.5, 0.6) is 0 Å². The van der Waals surface area contributed by atoms with Gasteiger partial charge in [-0.05, 0) is 55.9 Å². The normalized spacial score (nSPS) is 20.4. The van der Waals surface area contributed by atoms with E-state index >= 15 is 0 Å². The van der Waals surface area contributed by atoms with Crippen LogP contribution < -0.4 is 5.32 Å². The highest BCUT2D eigenvalue weighted by molar-refractivity contribution is 6.24. The van der Waals surface area contributed by atoms with E-state index in [1.165, 1.54) is 21.5 Å². The van der Waals surface area contributed by atoms with Gasteiger partial charge in [-0.25, -0.2) is 0 Å². The fraction of sp³-hybridized carbons (Fsp3) is 0.240. The van der Waals surface area contributed by atoms with Gasteiger partial charge in [0.2, 0.25) is 11.8 Å². The van der Waals surface area contributed by atoms with E-state index in [1.807, 2.05) is 0 Å². The first kappa shape index (κ1) is 18.1. The van der Waals surface area contributed by atoms with Crippen molar-refractivity contribution >= 4 is 50.1 Å². The fourth-order valence-electron chi connectivity index (χ4n) is 5.61. The second-order valence-corrected chi connectivity index (χ2v) is 8.49. The molecule has 2 atom stereocenters. The predicted molar refractivity (Wildman–Crippen MR) is 117 cm³/mol. The van der Waals surface area contributed by atoms with Crippen LogP contribution in [0.4, 0.5) is 0 Å². The topological polar surface area (TPSA) is 86.7 Å². The van der Waals surface area contributed by atoms with Crippen LogP contribution in [0.2, 0.25) is 0 Å². The zero-order valence-electron chi connectivity index (χ0n) is 16.7. The minimum absolute atomic E-state index is 0.0452. The smallest absolute Gasteiger partial charge is 0.322 e. The third kappa shape index (κ3) is 2.54. The summed E-state index contributed by atoms with van der Waals surface area (Å²) in [7, 11) is 0. The molecule has 2 aliphatic rings. The summed E-state index contributed by atoms with van der Waals surface area (Å²) < 4.78 is 0. The number of carboxylic acid groups (broad SMARTS) is 1. The second kappa shape index (κ2) is 6.41. The number of benzene rings is 4. The van der Waals surface area contributed by atoms with E-state index in [0.29, 0.717) is 19.3 Å². The lowest BCUT2D eigenvalue weighted by Crippen LogP contribution is -2.52. The molecule has 2 amide bonds. The summed E-state index contributed by atoms with van der Waals surface area (Å²) in [6.07, 6.45) is 1.46. The SMILES string of the molecule is O=C(O)CNC(=O)[C@@H]1Cc2c(cc3ccc4cccc5ccc2c3c45)[C@H]2CCC(=O)N21. The number of hydrogen-bond donors (Lipinski definition) is 2. The molecule has 6 nitrogen and oxygen atoms in total. The van der Waals surface area contributed by atoms with Crippen molar-refractivity contribution < 1.29 is 19.5 Å². The standard InChI is InChI=1S/C25H20N2O4/c28-21-9-8-19-18-10-15-5-4-13-2-1-3-14-6-7-16(24(15)23(13)14)17(18)11-20(27(19)21)25(31)26-12-22(29)30/h1-7,10,19-20H,8-9,11-12H2,(H,26,31)(H,29,30)/t19-,20+/m1/s1. The van der Waals surface area contributed by atoms with Crippen LogP contribution in [0.1, 0.15) is 30.0 Å². The van der Waals surface area contributed by atoms with Gasteiger partial charge in [-0.15, -0.1) is 0 Å². The van der Waals surface area contributed by atoms with Crippen LogP contribution in [0.25, 0.3) is 32.3 Å². The van der Waals surface area contributed by atoms with Crippen LogP contribution in [0.15, 0.2) is 48.5 Å². The summed E-state index contributed by atoms with van der Waals surface area (Å²) in [5.74, 6) is -1.55. The number of hydrogen-bond acceptors (Lipinski definition) is 3. The Kier molecular flexibility index (Phi) is 3.75. The molecule has 4 aromatic rings. The molecule has 31 heavy (non-hydrogen) atoms. The number of carbonyl (C=O) groups excluding carboxylic acids is 2. The van der Waals surface area contributed by atoms with Crippen molar-refractivity contribution in [1.82, 2.24) is 10.2 Å². The number of rotatable bonds is 3. The van der Waals surface area contributed by atoms with Crippen LogP contribution in [0, 0.1) is 0 Å². The van der Waals surface area contributed by atoms with Gasteiger partial charge < -0.3 is 15.3 Å². The van der Waals surface area contributed by atoms with Crippen molar-refractivity contribution in [2.45, 2.75) is 31.3 Å². The van der Waals surface area contributed by atoms with Gasteiger partial charge in [0.05, 0.1) is 6.04 Å². The number of aliphatic carboxylic acids is 1. The number of amides is 2. The molecule has 2 aliphatic heterocycles. The third-order valence-electron chi connectivity index (χ3n) is 6.86. The quantitative estimate of drug-likeness (QED) is 0.505. The van der Waals surface area contributed by atoms with Crippen LogP contribution in [-0.2, 0) is 20.8 Å². The Hall–Kier alpha value is -3.67. The molecule has 0 radical (unpaired) electrons. The van der Waals surface area contributed by atoms with E-state index in [0.717, 1.165) is 21.9 Å². The van der Waals surface area contributed by atoms with E-state index in [1.54, 1.807) is 4.90 Å². The largest absolute Gasteiger partial charge is 0.480 e. The molecule has 0 bridgehead atoms. The van der Waals surface area contributed by atoms with Gasteiger partial charge in [0.1, 0.15) is 12.6 Å². The molecule has 4 aromatic carbocycles. The Morgan fingerprint density at radius 3 is 2.55 bits per heavy atom. The van der Waals surface area contributed by atoms with Crippen molar-refractivity contribution in [3.63, 3.8) is 0 Å². The zero-order chi connectivity index (χ0) is 21.3. The van der Waals surface area contributed by atoms with Crippen molar-refractivity contribution in [1.29, 1.82) is 0 Å². The van der Waals surface area contributed by atoms with Gasteiger partial charge in [0.15, 0.2) is 0 Å². The molecule has 0 saturated carbocycles. The molecule has 2 heterocycles. The van der Waals surface area contributed by atoms with Crippen LogP contribution in [-0.4, -0.2) is 40.4 Å². The lowest BCUT2D eigenvalue weighted by molar-refractivity contribution is -0.142. The van der Waals surface area contributed by atoms with Crippen molar-refractivity contribution in [2.75, 3.05) is 6.54 Å². The molecule has 6 rings (SSSR count). The Bertz CT molecular complexity index is 1390. The Morgan fingerprint density at radius 2 is 1.77 bits per heavy atom. The van der Waals surface area contributed by atoms with E-state index in [9.17, 15) is 14.4 Å². The maximum Gasteiger partial charge on any atom is 0.322 e. The molecular formula is C25H20N2O4. The summed E-state index contributed by atoms with van der Waals surface area (Å²) in [5.41, 5.74) is 2.20. The minimum atomic E-state index is -1.10. The maximum atomic E-state index is 12.9. The molecule has 6 heteroatoms. The van der Waals surface area contributed by atoms with E-state index < -0.39 is 24.5 Å². The predicted octanol–water partition coefficient (Wildman–Crippen LogP) is 3.37. The van der Waals surface area contributed by atoms with Gasteiger partial charge in [-0.2, -0.15) is 0 Å². The van der Waals surface area contributed by atoms with Gasteiger partial charge in [-0.3, -0.25) is 14.4 Å². The van der Waals surface area contributed by atoms with Crippen molar-refractivity contribution in [3.05, 3.63) is 59.7 Å². The summed E-state index contributed by atoms with van der Waals surface area (Å²) >= 11 is 0. The third-order valence-corrected chi connectivity index (χ3v) is 6.86. The van der Waals surface area contributed by atoms with Crippen molar-refractivity contribution in [3.8, 4) is 0 Å². The maximum absolute atomic E-state index is 12.9. The molecule has 0 aromatic heterocycles. The van der Waals surface area contributed by atoms with Gasteiger partial charge >= 0.3 is 5.97 Å². The first-order chi connectivity index (χ1) is 15.0. The number of carboxylic acids is 1. The van der Waals surface area contributed by atoms with Crippen LogP contribution in [0.3, 0.4) is 0 Å². The molecular weight excluding hydrogens is 392 g/mol.